The molecule has 0 radical (unpaired) electrons. The summed E-state index contributed by atoms with van der Waals surface area (Å²) in [5.74, 6) is -0.792. The van der Waals surface area contributed by atoms with Crippen LogP contribution in [0.3, 0.4) is 0 Å². The third-order valence-corrected chi connectivity index (χ3v) is 4.53. The van der Waals surface area contributed by atoms with E-state index in [1.54, 1.807) is 6.07 Å². The second kappa shape index (κ2) is 9.93. The Balaban J connectivity index is 1.88. The molecule has 3 aromatic carbocycles. The molecule has 0 fully saturated rings. The van der Waals surface area contributed by atoms with Gasteiger partial charge in [0.15, 0.2) is 0 Å². The van der Waals surface area contributed by atoms with Crippen LogP contribution in [0.5, 0.6) is 5.75 Å². The molecule has 30 heavy (non-hydrogen) atoms. The number of amides is 1. The van der Waals surface area contributed by atoms with E-state index in [0.717, 1.165) is 5.56 Å². The van der Waals surface area contributed by atoms with Gasteiger partial charge in [-0.25, -0.2) is 4.39 Å². The second-order valence-corrected chi connectivity index (χ2v) is 7.05. The number of carbonyl (C=O) groups is 1. The van der Waals surface area contributed by atoms with Crippen LogP contribution in [0.1, 0.15) is 11.1 Å². The number of anilines is 1. The van der Waals surface area contributed by atoms with Crippen molar-refractivity contribution in [3.8, 4) is 11.8 Å². The van der Waals surface area contributed by atoms with Crippen LogP contribution in [0.2, 0.25) is 10.0 Å². The van der Waals surface area contributed by atoms with Gasteiger partial charge in [-0.2, -0.15) is 5.26 Å². The summed E-state index contributed by atoms with van der Waals surface area (Å²) in [5, 5.41) is 12.6. The number of carbonyl (C=O) groups excluding carboxylic acids is 1. The van der Waals surface area contributed by atoms with Crippen molar-refractivity contribution in [2.24, 2.45) is 0 Å². The Kier molecular flexibility index (Phi) is 7.08. The first-order chi connectivity index (χ1) is 14.5. The maximum Gasteiger partial charge on any atom is 0.266 e. The number of nitrogens with zero attached hydrogens (tertiary/aromatic N) is 1. The normalized spacial score (nSPS) is 10.9. The van der Waals surface area contributed by atoms with Crippen LogP contribution in [-0.2, 0) is 11.4 Å². The zero-order chi connectivity index (χ0) is 21.5. The van der Waals surface area contributed by atoms with Crippen LogP contribution in [0, 0.1) is 17.1 Å². The van der Waals surface area contributed by atoms with Gasteiger partial charge in [-0.1, -0.05) is 53.5 Å². The first kappa shape index (κ1) is 21.4. The molecule has 0 aromatic heterocycles. The lowest BCUT2D eigenvalue weighted by Gasteiger charge is -2.12. The molecule has 0 atom stereocenters. The van der Waals surface area contributed by atoms with E-state index in [1.165, 1.54) is 36.4 Å². The molecule has 0 saturated carbocycles. The molecule has 0 heterocycles. The topological polar surface area (TPSA) is 62.1 Å². The van der Waals surface area contributed by atoms with E-state index >= 15 is 0 Å². The Morgan fingerprint density at radius 1 is 1.10 bits per heavy atom. The molecule has 0 spiro atoms. The number of nitrogens with one attached hydrogen (secondary N) is 1. The lowest BCUT2D eigenvalue weighted by Crippen LogP contribution is -2.13. The summed E-state index contributed by atoms with van der Waals surface area (Å²) in [6.45, 7) is 0.243. The highest BCUT2D eigenvalue weighted by molar-refractivity contribution is 6.36. The zero-order valence-electron chi connectivity index (χ0n) is 15.5. The van der Waals surface area contributed by atoms with Gasteiger partial charge in [-0.3, -0.25) is 4.79 Å². The van der Waals surface area contributed by atoms with Crippen molar-refractivity contribution < 1.29 is 13.9 Å². The molecule has 0 aliphatic carbocycles. The standard InChI is InChI=1S/C23H15Cl2FN2O2/c24-18-11-16(22(21(25)12-18)30-14-15-4-2-1-3-5-15)10-17(13-27)23(29)28-20-8-6-19(26)7-9-20/h1-12H,14H2,(H,28,29)/b17-10+. The molecule has 4 nitrogen and oxygen atoms in total. The van der Waals surface area contributed by atoms with Crippen LogP contribution < -0.4 is 10.1 Å². The number of rotatable bonds is 6. The Labute approximate surface area is 183 Å². The maximum absolute atomic E-state index is 13.0. The van der Waals surface area contributed by atoms with Crippen LogP contribution in [-0.4, -0.2) is 5.91 Å². The van der Waals surface area contributed by atoms with Crippen molar-refractivity contribution in [3.63, 3.8) is 0 Å². The Hall–Kier alpha value is -3.33. The summed E-state index contributed by atoms with van der Waals surface area (Å²) in [5.41, 5.74) is 1.47. The lowest BCUT2D eigenvalue weighted by atomic mass is 10.1. The van der Waals surface area contributed by atoms with Crippen molar-refractivity contribution in [2.45, 2.75) is 6.61 Å². The van der Waals surface area contributed by atoms with Gasteiger partial charge in [-0.05, 0) is 48.0 Å². The highest BCUT2D eigenvalue weighted by Gasteiger charge is 2.15. The van der Waals surface area contributed by atoms with Crippen molar-refractivity contribution in [1.82, 2.24) is 0 Å². The minimum absolute atomic E-state index is 0.192. The van der Waals surface area contributed by atoms with Gasteiger partial charge in [-0.15, -0.1) is 0 Å². The first-order valence-electron chi connectivity index (χ1n) is 8.81. The minimum atomic E-state index is -0.658. The largest absolute Gasteiger partial charge is 0.487 e. The summed E-state index contributed by atoms with van der Waals surface area (Å²) in [4.78, 5) is 12.5. The molecule has 3 rings (SSSR count). The van der Waals surface area contributed by atoms with Crippen molar-refractivity contribution in [1.29, 1.82) is 5.26 Å². The van der Waals surface area contributed by atoms with Crippen LogP contribution >= 0.6 is 23.2 Å². The molecule has 1 N–H and O–H groups in total. The molecule has 0 aliphatic rings. The van der Waals surface area contributed by atoms with E-state index in [-0.39, 0.29) is 17.2 Å². The monoisotopic (exact) mass is 440 g/mol. The predicted molar refractivity (Wildman–Crippen MR) is 116 cm³/mol. The molecule has 150 valence electrons. The first-order valence-corrected chi connectivity index (χ1v) is 9.56. The highest BCUT2D eigenvalue weighted by Crippen LogP contribution is 2.34. The quantitative estimate of drug-likeness (QED) is 0.363. The van der Waals surface area contributed by atoms with Gasteiger partial charge in [0.2, 0.25) is 0 Å². The second-order valence-electron chi connectivity index (χ2n) is 6.21. The van der Waals surface area contributed by atoms with E-state index in [0.29, 0.717) is 22.0 Å². The molecule has 1 amide bonds. The van der Waals surface area contributed by atoms with Crippen molar-refractivity contribution in [2.75, 3.05) is 5.32 Å². The molecular weight excluding hydrogens is 426 g/mol. The van der Waals surface area contributed by atoms with E-state index < -0.39 is 11.7 Å². The van der Waals surface area contributed by atoms with Gasteiger partial charge < -0.3 is 10.1 Å². The fraction of sp³-hybridized carbons (Fsp3) is 0.0435. The van der Waals surface area contributed by atoms with Gasteiger partial charge in [0, 0.05) is 16.3 Å². The summed E-state index contributed by atoms with van der Waals surface area (Å²) in [6.07, 6.45) is 1.34. The third kappa shape index (κ3) is 5.60. The van der Waals surface area contributed by atoms with Gasteiger partial charge >= 0.3 is 0 Å². The Morgan fingerprint density at radius 2 is 1.80 bits per heavy atom. The third-order valence-electron chi connectivity index (χ3n) is 4.03. The summed E-state index contributed by atoms with van der Waals surface area (Å²) in [6, 6.07) is 19.6. The fourth-order valence-corrected chi connectivity index (χ4v) is 3.17. The highest BCUT2D eigenvalue weighted by atomic mass is 35.5. The number of hydrogen-bond donors (Lipinski definition) is 1. The Bertz CT molecular complexity index is 1120. The smallest absolute Gasteiger partial charge is 0.266 e. The zero-order valence-corrected chi connectivity index (χ0v) is 17.0. The fourth-order valence-electron chi connectivity index (χ4n) is 2.61. The average Bonchev–Trinajstić information content (AvgIpc) is 2.73. The average molecular weight is 441 g/mol. The molecule has 7 heteroatoms. The minimum Gasteiger partial charge on any atom is -0.487 e. The van der Waals surface area contributed by atoms with Crippen LogP contribution in [0.25, 0.3) is 6.08 Å². The van der Waals surface area contributed by atoms with E-state index in [9.17, 15) is 14.4 Å². The Morgan fingerprint density at radius 3 is 2.47 bits per heavy atom. The SMILES string of the molecule is N#C/C(=C\c1cc(Cl)cc(Cl)c1OCc1ccccc1)C(=O)Nc1ccc(F)cc1. The number of nitriles is 1. The van der Waals surface area contributed by atoms with Crippen molar-refractivity contribution in [3.05, 3.63) is 99.3 Å². The number of ether oxygens (including phenoxy) is 1. The molecular formula is C23H15Cl2FN2O2. The summed E-state index contributed by atoms with van der Waals surface area (Å²) >= 11 is 12.4. The van der Waals surface area contributed by atoms with E-state index in [2.05, 4.69) is 5.32 Å². The van der Waals surface area contributed by atoms with Gasteiger partial charge in [0.05, 0.1) is 5.02 Å². The van der Waals surface area contributed by atoms with E-state index in [1.807, 2.05) is 36.4 Å². The number of hydrogen-bond acceptors (Lipinski definition) is 3. The summed E-state index contributed by atoms with van der Waals surface area (Å²) in [7, 11) is 0. The van der Waals surface area contributed by atoms with Crippen molar-refractivity contribution >= 4 is 40.9 Å². The lowest BCUT2D eigenvalue weighted by molar-refractivity contribution is -0.112. The number of halogens is 3. The molecule has 0 aliphatic heterocycles. The molecule has 0 saturated heterocycles. The van der Waals surface area contributed by atoms with Gasteiger partial charge in [0.1, 0.15) is 29.8 Å². The predicted octanol–water partition coefficient (Wildman–Crippen LogP) is 6.26. The van der Waals surface area contributed by atoms with Crippen LogP contribution in [0.4, 0.5) is 10.1 Å². The van der Waals surface area contributed by atoms with Gasteiger partial charge in [0.25, 0.3) is 5.91 Å². The molecule has 3 aromatic rings. The number of benzene rings is 3. The summed E-state index contributed by atoms with van der Waals surface area (Å²) < 4.78 is 18.9. The van der Waals surface area contributed by atoms with E-state index in [4.69, 9.17) is 27.9 Å². The molecule has 0 unspecified atom stereocenters. The van der Waals surface area contributed by atoms with Crippen LogP contribution in [0.15, 0.2) is 72.3 Å². The maximum atomic E-state index is 13.0. The molecule has 0 bridgehead atoms.